The summed E-state index contributed by atoms with van der Waals surface area (Å²) in [5.74, 6) is 0.520. The molecule has 2 atom stereocenters. The van der Waals surface area contributed by atoms with E-state index in [1.165, 1.54) is 12.4 Å². The summed E-state index contributed by atoms with van der Waals surface area (Å²) in [6.45, 7) is 2.07. The Balaban J connectivity index is 2.04. The van der Waals surface area contributed by atoms with Crippen LogP contribution in [0.2, 0.25) is 0 Å². The zero-order valence-corrected chi connectivity index (χ0v) is 8.42. The highest BCUT2D eigenvalue weighted by Crippen LogP contribution is 2.32. The van der Waals surface area contributed by atoms with E-state index in [9.17, 15) is 5.02 Å². The molecule has 1 aliphatic rings. The minimum atomic E-state index is -0.972. The number of hydrogen-bond donors (Lipinski definition) is 1. The van der Waals surface area contributed by atoms with Gasteiger partial charge in [-0.3, -0.25) is 4.98 Å². The molecule has 4 nitrogen and oxygen atoms in total. The molecule has 0 bridgehead atoms. The lowest BCUT2D eigenvalue weighted by atomic mass is 9.80. The molecule has 2 rings (SSSR count). The SMILES string of the molecule is CC1C[C@@H]1OB(O)c1cncc(C#N)c1. The molecule has 0 aliphatic heterocycles. The van der Waals surface area contributed by atoms with Crippen molar-refractivity contribution < 1.29 is 9.68 Å². The lowest BCUT2D eigenvalue weighted by Crippen LogP contribution is -2.35. The topological polar surface area (TPSA) is 66.1 Å². The Bertz CT molecular complexity index is 405. The molecule has 1 aromatic heterocycles. The van der Waals surface area contributed by atoms with Crippen LogP contribution >= 0.6 is 0 Å². The molecule has 0 aromatic carbocycles. The van der Waals surface area contributed by atoms with Gasteiger partial charge in [0.05, 0.1) is 5.56 Å². The molecule has 0 spiro atoms. The van der Waals surface area contributed by atoms with Crippen molar-refractivity contribution >= 4 is 12.6 Å². The lowest BCUT2D eigenvalue weighted by Gasteiger charge is -2.06. The van der Waals surface area contributed by atoms with Crippen LogP contribution in [-0.2, 0) is 4.65 Å². The molecule has 1 saturated carbocycles. The van der Waals surface area contributed by atoms with Crippen molar-refractivity contribution in [2.45, 2.75) is 19.4 Å². The third-order valence-electron chi connectivity index (χ3n) is 2.51. The molecule has 1 aromatic rings. The van der Waals surface area contributed by atoms with Crippen molar-refractivity contribution in [1.82, 2.24) is 4.98 Å². The maximum absolute atomic E-state index is 9.70. The fourth-order valence-corrected chi connectivity index (χ4v) is 1.38. The van der Waals surface area contributed by atoms with E-state index in [4.69, 9.17) is 9.92 Å². The van der Waals surface area contributed by atoms with Crippen LogP contribution in [0.1, 0.15) is 18.9 Å². The summed E-state index contributed by atoms with van der Waals surface area (Å²) in [6.07, 6.45) is 4.10. The third-order valence-corrected chi connectivity index (χ3v) is 2.51. The average Bonchev–Trinajstić information content (AvgIpc) is 2.94. The molecule has 0 saturated heterocycles. The fourth-order valence-electron chi connectivity index (χ4n) is 1.38. The molecule has 76 valence electrons. The summed E-state index contributed by atoms with van der Waals surface area (Å²) in [4.78, 5) is 3.86. The van der Waals surface area contributed by atoms with Gasteiger partial charge in [-0.2, -0.15) is 5.26 Å². The standard InChI is InChI=1S/C10H11BN2O2/c1-7-2-10(7)15-11(14)9-3-8(4-12)5-13-6-9/h3,5-7,10,14H,2H2,1H3/t7?,10-/m0/s1. The molecule has 1 fully saturated rings. The zero-order valence-electron chi connectivity index (χ0n) is 8.42. The van der Waals surface area contributed by atoms with Gasteiger partial charge in [0.15, 0.2) is 0 Å². The Kier molecular flexibility index (Phi) is 2.71. The van der Waals surface area contributed by atoms with Crippen LogP contribution in [0, 0.1) is 17.2 Å². The third kappa shape index (κ3) is 2.35. The maximum atomic E-state index is 9.70. The van der Waals surface area contributed by atoms with Crippen LogP contribution in [-0.4, -0.2) is 23.2 Å². The number of pyridine rings is 1. The summed E-state index contributed by atoms with van der Waals surface area (Å²) in [5.41, 5.74) is 0.965. The predicted octanol–water partition coefficient (Wildman–Crippen LogP) is 0.0658. The smallest absolute Gasteiger partial charge is 0.423 e. The Morgan fingerprint density at radius 1 is 1.67 bits per heavy atom. The van der Waals surface area contributed by atoms with E-state index in [1.54, 1.807) is 6.07 Å². The van der Waals surface area contributed by atoms with Gasteiger partial charge in [-0.25, -0.2) is 0 Å². The van der Waals surface area contributed by atoms with Crippen LogP contribution in [0.25, 0.3) is 0 Å². The number of nitrogens with zero attached hydrogens (tertiary/aromatic N) is 2. The number of hydrogen-bond acceptors (Lipinski definition) is 4. The second-order valence-corrected chi connectivity index (χ2v) is 3.86. The van der Waals surface area contributed by atoms with Crippen LogP contribution in [0.15, 0.2) is 18.5 Å². The van der Waals surface area contributed by atoms with Crippen LogP contribution in [0.5, 0.6) is 0 Å². The van der Waals surface area contributed by atoms with E-state index in [0.717, 1.165) is 6.42 Å². The van der Waals surface area contributed by atoms with E-state index in [-0.39, 0.29) is 6.10 Å². The van der Waals surface area contributed by atoms with Crippen molar-refractivity contribution in [2.75, 3.05) is 0 Å². The molecule has 15 heavy (non-hydrogen) atoms. The van der Waals surface area contributed by atoms with Gasteiger partial charge >= 0.3 is 7.12 Å². The van der Waals surface area contributed by atoms with E-state index in [1.807, 2.05) is 6.07 Å². The average molecular weight is 202 g/mol. The molecule has 1 heterocycles. The lowest BCUT2D eigenvalue weighted by molar-refractivity contribution is 0.245. The Morgan fingerprint density at radius 2 is 2.40 bits per heavy atom. The maximum Gasteiger partial charge on any atom is 0.492 e. The van der Waals surface area contributed by atoms with Gasteiger partial charge in [0.25, 0.3) is 0 Å². The molecule has 1 aliphatic carbocycles. The minimum Gasteiger partial charge on any atom is -0.423 e. The second-order valence-electron chi connectivity index (χ2n) is 3.86. The Morgan fingerprint density at radius 3 is 3.00 bits per heavy atom. The van der Waals surface area contributed by atoms with E-state index in [2.05, 4.69) is 11.9 Å². The van der Waals surface area contributed by atoms with Gasteiger partial charge in [-0.15, -0.1) is 0 Å². The minimum absolute atomic E-state index is 0.144. The molecular formula is C10H11BN2O2. The van der Waals surface area contributed by atoms with Gasteiger partial charge in [-0.1, -0.05) is 6.92 Å². The second kappa shape index (κ2) is 4.01. The number of nitriles is 1. The summed E-state index contributed by atoms with van der Waals surface area (Å²) >= 11 is 0. The van der Waals surface area contributed by atoms with Gasteiger partial charge in [0, 0.05) is 24.0 Å². The van der Waals surface area contributed by atoms with Crippen molar-refractivity contribution in [3.63, 3.8) is 0 Å². The van der Waals surface area contributed by atoms with Gasteiger partial charge < -0.3 is 9.68 Å². The van der Waals surface area contributed by atoms with Crippen LogP contribution in [0.3, 0.4) is 0 Å². The Labute approximate surface area is 88.7 Å². The normalized spacial score (nSPS) is 23.3. The summed E-state index contributed by atoms with van der Waals surface area (Å²) in [5, 5.41) is 18.4. The highest BCUT2D eigenvalue weighted by atomic mass is 16.5. The van der Waals surface area contributed by atoms with Crippen molar-refractivity contribution in [1.29, 1.82) is 5.26 Å². The largest absolute Gasteiger partial charge is 0.492 e. The van der Waals surface area contributed by atoms with E-state index in [0.29, 0.717) is 16.9 Å². The summed E-state index contributed by atoms with van der Waals surface area (Å²) in [6, 6.07) is 3.56. The predicted molar refractivity (Wildman–Crippen MR) is 55.2 cm³/mol. The zero-order chi connectivity index (χ0) is 10.8. The quantitative estimate of drug-likeness (QED) is 0.704. The highest BCUT2D eigenvalue weighted by molar-refractivity contribution is 6.60. The molecule has 1 N–H and O–H groups in total. The Hall–Kier alpha value is -1.38. The molecule has 0 amide bonds. The van der Waals surface area contributed by atoms with Crippen molar-refractivity contribution in [3.05, 3.63) is 24.0 Å². The first-order chi connectivity index (χ1) is 7.20. The molecule has 1 unspecified atom stereocenters. The van der Waals surface area contributed by atoms with Gasteiger partial charge in [-0.05, 0) is 18.4 Å². The summed E-state index contributed by atoms with van der Waals surface area (Å²) in [7, 11) is -0.972. The first kappa shape index (κ1) is 10.2. The molecule has 5 heteroatoms. The monoisotopic (exact) mass is 202 g/mol. The van der Waals surface area contributed by atoms with Crippen molar-refractivity contribution in [2.24, 2.45) is 5.92 Å². The molecule has 0 radical (unpaired) electrons. The summed E-state index contributed by atoms with van der Waals surface area (Å²) < 4.78 is 5.37. The number of rotatable bonds is 3. The van der Waals surface area contributed by atoms with Crippen molar-refractivity contribution in [3.8, 4) is 6.07 Å². The van der Waals surface area contributed by atoms with Crippen LogP contribution < -0.4 is 5.46 Å². The van der Waals surface area contributed by atoms with Gasteiger partial charge in [0.1, 0.15) is 6.07 Å². The fraction of sp³-hybridized carbons (Fsp3) is 0.400. The van der Waals surface area contributed by atoms with E-state index < -0.39 is 7.12 Å². The highest BCUT2D eigenvalue weighted by Gasteiger charge is 2.37. The van der Waals surface area contributed by atoms with Crippen LogP contribution in [0.4, 0.5) is 0 Å². The molecular weight excluding hydrogens is 191 g/mol. The first-order valence-corrected chi connectivity index (χ1v) is 4.89. The number of aromatic nitrogens is 1. The van der Waals surface area contributed by atoms with Gasteiger partial charge in [0.2, 0.25) is 0 Å². The van der Waals surface area contributed by atoms with E-state index >= 15 is 0 Å². The first-order valence-electron chi connectivity index (χ1n) is 4.89.